The summed E-state index contributed by atoms with van der Waals surface area (Å²) in [6.45, 7) is 5.29. The van der Waals surface area contributed by atoms with Crippen LogP contribution >= 0.6 is 0 Å². The molecule has 1 saturated heterocycles. The van der Waals surface area contributed by atoms with Gasteiger partial charge in [0.25, 0.3) is 0 Å². The first-order valence-corrected chi connectivity index (χ1v) is 8.21. The molecule has 1 aromatic heterocycles. The summed E-state index contributed by atoms with van der Waals surface area (Å²) in [6, 6.07) is 11.6. The monoisotopic (exact) mass is 325 g/mol. The Morgan fingerprint density at radius 3 is 2.79 bits per heavy atom. The summed E-state index contributed by atoms with van der Waals surface area (Å²) in [5, 5.41) is 2.89. The molecule has 0 saturated carbocycles. The Morgan fingerprint density at radius 1 is 1.21 bits per heavy atom. The van der Waals surface area contributed by atoms with Gasteiger partial charge in [-0.15, -0.1) is 0 Å². The number of rotatable bonds is 5. The Morgan fingerprint density at radius 2 is 2.04 bits per heavy atom. The van der Waals surface area contributed by atoms with E-state index in [1.54, 1.807) is 24.5 Å². The third-order valence-electron chi connectivity index (χ3n) is 4.14. The van der Waals surface area contributed by atoms with Crippen LogP contribution < -0.4 is 5.32 Å². The van der Waals surface area contributed by atoms with Crippen molar-refractivity contribution in [2.75, 3.05) is 38.5 Å². The lowest BCUT2D eigenvalue weighted by Crippen LogP contribution is -2.43. The molecule has 2 aromatic rings. The van der Waals surface area contributed by atoms with Crippen molar-refractivity contribution < 1.29 is 9.21 Å². The van der Waals surface area contributed by atoms with E-state index in [4.69, 9.17) is 4.42 Å². The van der Waals surface area contributed by atoms with E-state index in [0.717, 1.165) is 38.4 Å². The maximum Gasteiger partial charge on any atom is 0.248 e. The number of likely N-dealkylation sites (N-methyl/N-ethyl adjacent to an activating group) is 1. The molecule has 5 heteroatoms. The molecule has 0 spiro atoms. The smallest absolute Gasteiger partial charge is 0.248 e. The van der Waals surface area contributed by atoms with Gasteiger partial charge >= 0.3 is 0 Å². The summed E-state index contributed by atoms with van der Waals surface area (Å²) in [7, 11) is 2.16. The first-order chi connectivity index (χ1) is 11.7. The molecule has 0 atom stereocenters. The largest absolute Gasteiger partial charge is 0.465 e. The van der Waals surface area contributed by atoms with Crippen molar-refractivity contribution in [1.82, 2.24) is 9.80 Å². The molecular formula is C19H23N3O2. The number of amides is 1. The summed E-state index contributed by atoms with van der Waals surface area (Å²) < 4.78 is 5.17. The molecule has 0 radical (unpaired) electrons. The lowest BCUT2D eigenvalue weighted by atomic mass is 10.1. The third-order valence-corrected chi connectivity index (χ3v) is 4.14. The van der Waals surface area contributed by atoms with Crippen LogP contribution in [0.25, 0.3) is 6.08 Å². The molecule has 24 heavy (non-hydrogen) atoms. The molecule has 1 aliphatic heterocycles. The van der Waals surface area contributed by atoms with E-state index in [0.29, 0.717) is 5.76 Å². The second-order valence-corrected chi connectivity index (χ2v) is 6.12. The molecule has 5 nitrogen and oxygen atoms in total. The fourth-order valence-corrected chi connectivity index (χ4v) is 2.74. The second-order valence-electron chi connectivity index (χ2n) is 6.12. The van der Waals surface area contributed by atoms with Gasteiger partial charge in [0.2, 0.25) is 5.91 Å². The molecule has 1 fully saturated rings. The van der Waals surface area contributed by atoms with Gasteiger partial charge in [0.1, 0.15) is 5.76 Å². The van der Waals surface area contributed by atoms with Crippen molar-refractivity contribution in [3.63, 3.8) is 0 Å². The van der Waals surface area contributed by atoms with Crippen LogP contribution in [0.5, 0.6) is 0 Å². The van der Waals surface area contributed by atoms with Crippen molar-refractivity contribution in [2.45, 2.75) is 6.54 Å². The number of anilines is 1. The maximum atomic E-state index is 12.0. The molecule has 0 unspecified atom stereocenters. The number of piperazine rings is 1. The van der Waals surface area contributed by atoms with Gasteiger partial charge in [-0.3, -0.25) is 9.69 Å². The SMILES string of the molecule is CN1CCN(Cc2cccc(NC(=O)C=Cc3ccco3)c2)CC1. The number of nitrogens with zero attached hydrogens (tertiary/aromatic N) is 2. The Balaban J connectivity index is 1.55. The van der Waals surface area contributed by atoms with Gasteiger partial charge in [0, 0.05) is 44.5 Å². The first-order valence-electron chi connectivity index (χ1n) is 8.21. The summed E-state index contributed by atoms with van der Waals surface area (Å²) in [5.41, 5.74) is 2.03. The zero-order valence-corrected chi connectivity index (χ0v) is 13.9. The molecule has 0 bridgehead atoms. The molecule has 1 amide bonds. The summed E-state index contributed by atoms with van der Waals surface area (Å²) in [5.74, 6) is 0.497. The van der Waals surface area contributed by atoms with E-state index >= 15 is 0 Å². The summed E-state index contributed by atoms with van der Waals surface area (Å²) in [4.78, 5) is 16.8. The van der Waals surface area contributed by atoms with Gasteiger partial charge < -0.3 is 14.6 Å². The predicted molar refractivity (Wildman–Crippen MR) is 95.6 cm³/mol. The Hall–Kier alpha value is -2.37. The minimum absolute atomic E-state index is 0.164. The van der Waals surface area contributed by atoms with Crippen LogP contribution in [0.1, 0.15) is 11.3 Å². The maximum absolute atomic E-state index is 12.0. The van der Waals surface area contributed by atoms with Crippen molar-refractivity contribution in [3.8, 4) is 0 Å². The van der Waals surface area contributed by atoms with Gasteiger partial charge in [-0.1, -0.05) is 12.1 Å². The van der Waals surface area contributed by atoms with Crippen LogP contribution in [0, 0.1) is 0 Å². The molecule has 1 N–H and O–H groups in total. The van der Waals surface area contributed by atoms with E-state index in [1.807, 2.05) is 18.2 Å². The quantitative estimate of drug-likeness (QED) is 0.859. The molecule has 126 valence electrons. The van der Waals surface area contributed by atoms with Gasteiger partial charge in [-0.25, -0.2) is 0 Å². The minimum atomic E-state index is -0.164. The topological polar surface area (TPSA) is 48.7 Å². The zero-order valence-electron chi connectivity index (χ0n) is 13.9. The molecule has 1 aromatic carbocycles. The zero-order chi connectivity index (χ0) is 16.8. The van der Waals surface area contributed by atoms with Crippen LogP contribution in [-0.4, -0.2) is 48.9 Å². The van der Waals surface area contributed by atoms with Crippen molar-refractivity contribution >= 4 is 17.7 Å². The lowest BCUT2D eigenvalue weighted by Gasteiger charge is -2.32. The highest BCUT2D eigenvalue weighted by atomic mass is 16.3. The first kappa shape index (κ1) is 16.5. The highest BCUT2D eigenvalue weighted by Crippen LogP contribution is 2.14. The Kier molecular flexibility index (Phi) is 5.46. The van der Waals surface area contributed by atoms with E-state index in [9.17, 15) is 4.79 Å². The number of benzene rings is 1. The molecular weight excluding hydrogens is 302 g/mol. The van der Waals surface area contributed by atoms with Gasteiger partial charge in [-0.2, -0.15) is 0 Å². The van der Waals surface area contributed by atoms with Gasteiger partial charge in [0.05, 0.1) is 6.26 Å². The molecule has 2 heterocycles. The molecule has 1 aliphatic rings. The lowest BCUT2D eigenvalue weighted by molar-refractivity contribution is -0.111. The number of hydrogen-bond donors (Lipinski definition) is 1. The summed E-state index contributed by atoms with van der Waals surface area (Å²) in [6.07, 6.45) is 4.72. The van der Waals surface area contributed by atoms with Crippen molar-refractivity contribution in [3.05, 3.63) is 60.1 Å². The van der Waals surface area contributed by atoms with Crippen LogP contribution in [0.15, 0.2) is 53.2 Å². The van der Waals surface area contributed by atoms with Gasteiger partial charge in [-0.05, 0) is 43.0 Å². The molecule has 3 rings (SSSR count). The highest BCUT2D eigenvalue weighted by Gasteiger charge is 2.13. The fourth-order valence-electron chi connectivity index (χ4n) is 2.74. The normalized spacial score (nSPS) is 16.5. The van der Waals surface area contributed by atoms with Crippen LogP contribution in [-0.2, 0) is 11.3 Å². The van der Waals surface area contributed by atoms with E-state index in [-0.39, 0.29) is 5.91 Å². The number of carbonyl (C=O) groups excluding carboxylic acids is 1. The van der Waals surface area contributed by atoms with Crippen LogP contribution in [0.4, 0.5) is 5.69 Å². The van der Waals surface area contributed by atoms with Crippen LogP contribution in [0.2, 0.25) is 0 Å². The number of hydrogen-bond acceptors (Lipinski definition) is 4. The fraction of sp³-hybridized carbons (Fsp3) is 0.316. The summed E-state index contributed by atoms with van der Waals surface area (Å²) >= 11 is 0. The van der Waals surface area contributed by atoms with Crippen molar-refractivity contribution in [2.24, 2.45) is 0 Å². The second kappa shape index (κ2) is 7.95. The van der Waals surface area contributed by atoms with Crippen LogP contribution in [0.3, 0.4) is 0 Å². The average molecular weight is 325 g/mol. The predicted octanol–water partition coefficient (Wildman–Crippen LogP) is 2.68. The average Bonchev–Trinajstić information content (AvgIpc) is 3.09. The van der Waals surface area contributed by atoms with E-state index in [2.05, 4.69) is 28.2 Å². The Bertz CT molecular complexity index is 686. The minimum Gasteiger partial charge on any atom is -0.465 e. The van der Waals surface area contributed by atoms with E-state index < -0.39 is 0 Å². The number of nitrogens with one attached hydrogen (secondary N) is 1. The number of furan rings is 1. The standard InChI is InChI=1S/C19H23N3O2/c1-21-9-11-22(12-10-21)15-16-4-2-5-17(14-16)20-19(23)8-7-18-6-3-13-24-18/h2-8,13-14H,9-12,15H2,1H3,(H,20,23). The third kappa shape index (κ3) is 4.81. The van der Waals surface area contributed by atoms with Gasteiger partial charge in [0.15, 0.2) is 0 Å². The van der Waals surface area contributed by atoms with E-state index in [1.165, 1.54) is 11.6 Å². The number of carbonyl (C=O) groups is 1. The highest BCUT2D eigenvalue weighted by molar-refractivity contribution is 6.01. The van der Waals surface area contributed by atoms with Crippen molar-refractivity contribution in [1.29, 1.82) is 0 Å². The molecule has 0 aliphatic carbocycles. The Labute approximate surface area is 142 Å².